The van der Waals surface area contributed by atoms with Gasteiger partial charge in [0.15, 0.2) is 0 Å². The number of rotatable bonds is 8. The molecule has 0 bridgehead atoms. The molecule has 1 aromatic carbocycles. The number of hydrogen-bond acceptors (Lipinski definition) is 1. The Morgan fingerprint density at radius 2 is 2.00 bits per heavy atom. The fourth-order valence-electron chi connectivity index (χ4n) is 2.07. The summed E-state index contributed by atoms with van der Waals surface area (Å²) in [6.45, 7) is 5.37. The predicted molar refractivity (Wildman–Crippen MR) is 79.3 cm³/mol. The Balaban J connectivity index is 2.73. The lowest BCUT2D eigenvalue weighted by atomic mass is 10.00. The summed E-state index contributed by atoms with van der Waals surface area (Å²) in [5, 5.41) is 3.55. The van der Waals surface area contributed by atoms with E-state index in [-0.39, 0.29) is 5.82 Å². The molecule has 1 unspecified atom stereocenters. The lowest BCUT2D eigenvalue weighted by Gasteiger charge is -2.20. The van der Waals surface area contributed by atoms with E-state index in [9.17, 15) is 4.39 Å². The van der Waals surface area contributed by atoms with E-state index < -0.39 is 0 Å². The smallest absolute Gasteiger partial charge is 0.124 e. The van der Waals surface area contributed by atoms with Crippen LogP contribution in [-0.4, -0.2) is 6.54 Å². The third-order valence-electron chi connectivity index (χ3n) is 3.08. The molecule has 3 heteroatoms. The number of halogens is 2. The van der Waals surface area contributed by atoms with Crippen LogP contribution in [0, 0.1) is 5.82 Å². The van der Waals surface area contributed by atoms with Crippen LogP contribution in [0.3, 0.4) is 0 Å². The Morgan fingerprint density at radius 3 is 2.61 bits per heavy atom. The average molecular weight is 316 g/mol. The minimum absolute atomic E-state index is 0.187. The first-order chi connectivity index (χ1) is 8.69. The van der Waals surface area contributed by atoms with E-state index >= 15 is 0 Å². The quantitative estimate of drug-likeness (QED) is 0.649. The number of benzene rings is 1. The third-order valence-corrected chi connectivity index (χ3v) is 3.76. The van der Waals surface area contributed by atoms with Crippen molar-refractivity contribution in [3.63, 3.8) is 0 Å². The first-order valence-electron chi connectivity index (χ1n) is 6.87. The molecule has 0 amide bonds. The second-order valence-corrected chi connectivity index (χ2v) is 5.52. The summed E-state index contributed by atoms with van der Waals surface area (Å²) < 4.78 is 14.0. The molecule has 0 aliphatic carbocycles. The molecule has 0 fully saturated rings. The van der Waals surface area contributed by atoms with Gasteiger partial charge in [0.2, 0.25) is 0 Å². The summed E-state index contributed by atoms with van der Waals surface area (Å²) in [5.41, 5.74) is 1.17. The van der Waals surface area contributed by atoms with Crippen LogP contribution in [0.15, 0.2) is 22.7 Å². The standard InChI is InChI=1S/C15H23BrFN/c1-3-5-6-7-15(18-10-4-2)13-9-8-12(17)11-14(13)16/h8-9,11,15,18H,3-7,10H2,1-2H3. The van der Waals surface area contributed by atoms with Gasteiger partial charge in [0, 0.05) is 10.5 Å². The molecule has 0 heterocycles. The molecule has 1 atom stereocenters. The first-order valence-corrected chi connectivity index (χ1v) is 7.66. The Bertz CT molecular complexity index is 354. The van der Waals surface area contributed by atoms with Gasteiger partial charge >= 0.3 is 0 Å². The van der Waals surface area contributed by atoms with Crippen LogP contribution in [-0.2, 0) is 0 Å². The second-order valence-electron chi connectivity index (χ2n) is 4.67. The molecule has 18 heavy (non-hydrogen) atoms. The summed E-state index contributed by atoms with van der Waals surface area (Å²) in [6.07, 6.45) is 5.91. The molecular weight excluding hydrogens is 293 g/mol. The SMILES string of the molecule is CCCCCC(NCCC)c1ccc(F)cc1Br. The fourth-order valence-corrected chi connectivity index (χ4v) is 2.70. The molecule has 0 radical (unpaired) electrons. The van der Waals surface area contributed by atoms with Gasteiger partial charge in [-0.25, -0.2) is 4.39 Å². The van der Waals surface area contributed by atoms with Gasteiger partial charge in [0.25, 0.3) is 0 Å². The van der Waals surface area contributed by atoms with Crippen LogP contribution in [0.25, 0.3) is 0 Å². The topological polar surface area (TPSA) is 12.0 Å². The molecule has 1 rings (SSSR count). The third kappa shape index (κ3) is 5.07. The summed E-state index contributed by atoms with van der Waals surface area (Å²) >= 11 is 3.47. The lowest BCUT2D eigenvalue weighted by molar-refractivity contribution is 0.472. The highest BCUT2D eigenvalue weighted by Gasteiger charge is 2.13. The molecule has 0 saturated carbocycles. The molecule has 1 N–H and O–H groups in total. The Kier molecular flexibility index (Phi) is 7.52. The molecule has 0 saturated heterocycles. The number of hydrogen-bond donors (Lipinski definition) is 1. The van der Waals surface area contributed by atoms with Gasteiger partial charge in [-0.05, 0) is 37.1 Å². The van der Waals surface area contributed by atoms with Crippen LogP contribution in [0.4, 0.5) is 4.39 Å². The van der Waals surface area contributed by atoms with Crippen molar-refractivity contribution >= 4 is 15.9 Å². The van der Waals surface area contributed by atoms with Gasteiger partial charge in [0.05, 0.1) is 0 Å². The van der Waals surface area contributed by atoms with Gasteiger partial charge in [-0.2, -0.15) is 0 Å². The minimum atomic E-state index is -0.187. The van der Waals surface area contributed by atoms with Crippen molar-refractivity contribution < 1.29 is 4.39 Å². The summed E-state index contributed by atoms with van der Waals surface area (Å²) in [4.78, 5) is 0. The Hall–Kier alpha value is -0.410. The highest BCUT2D eigenvalue weighted by atomic mass is 79.9. The summed E-state index contributed by atoms with van der Waals surface area (Å²) in [5.74, 6) is -0.187. The van der Waals surface area contributed by atoms with Gasteiger partial charge in [-0.15, -0.1) is 0 Å². The van der Waals surface area contributed by atoms with Crippen LogP contribution < -0.4 is 5.32 Å². The highest BCUT2D eigenvalue weighted by Crippen LogP contribution is 2.28. The molecule has 0 spiro atoms. The summed E-state index contributed by atoms with van der Waals surface area (Å²) in [6, 6.07) is 5.31. The van der Waals surface area contributed by atoms with Crippen molar-refractivity contribution in [2.24, 2.45) is 0 Å². The van der Waals surface area contributed by atoms with Crippen molar-refractivity contribution in [2.45, 2.75) is 52.0 Å². The minimum Gasteiger partial charge on any atom is -0.310 e. The largest absolute Gasteiger partial charge is 0.310 e. The van der Waals surface area contributed by atoms with Crippen molar-refractivity contribution in [2.75, 3.05) is 6.54 Å². The monoisotopic (exact) mass is 315 g/mol. The lowest BCUT2D eigenvalue weighted by Crippen LogP contribution is -2.22. The maximum absolute atomic E-state index is 13.1. The van der Waals surface area contributed by atoms with Crippen molar-refractivity contribution in [1.82, 2.24) is 5.32 Å². The van der Waals surface area contributed by atoms with E-state index in [1.165, 1.54) is 24.8 Å². The fraction of sp³-hybridized carbons (Fsp3) is 0.600. The highest BCUT2D eigenvalue weighted by molar-refractivity contribution is 9.10. The number of nitrogens with one attached hydrogen (secondary N) is 1. The second kappa shape index (κ2) is 8.65. The van der Waals surface area contributed by atoms with Gasteiger partial charge < -0.3 is 5.32 Å². The number of unbranched alkanes of at least 4 members (excludes halogenated alkanes) is 2. The zero-order valence-corrected chi connectivity index (χ0v) is 12.9. The maximum atomic E-state index is 13.1. The molecule has 1 aromatic rings. The van der Waals surface area contributed by atoms with Crippen LogP contribution in [0.2, 0.25) is 0 Å². The molecule has 0 aromatic heterocycles. The molecular formula is C15H23BrFN. The maximum Gasteiger partial charge on any atom is 0.124 e. The average Bonchev–Trinajstić information content (AvgIpc) is 2.34. The van der Waals surface area contributed by atoms with Crippen molar-refractivity contribution in [3.8, 4) is 0 Å². The molecule has 0 aliphatic rings. The summed E-state index contributed by atoms with van der Waals surface area (Å²) in [7, 11) is 0. The zero-order valence-electron chi connectivity index (χ0n) is 11.3. The van der Waals surface area contributed by atoms with E-state index in [0.29, 0.717) is 6.04 Å². The normalized spacial score (nSPS) is 12.7. The van der Waals surface area contributed by atoms with Crippen LogP contribution in [0.1, 0.15) is 57.6 Å². The first kappa shape index (κ1) is 15.6. The van der Waals surface area contributed by atoms with E-state index in [0.717, 1.165) is 23.9 Å². The van der Waals surface area contributed by atoms with E-state index in [2.05, 4.69) is 35.1 Å². The zero-order chi connectivity index (χ0) is 13.4. The van der Waals surface area contributed by atoms with E-state index in [4.69, 9.17) is 0 Å². The molecule has 0 aliphatic heterocycles. The molecule has 102 valence electrons. The van der Waals surface area contributed by atoms with Crippen molar-refractivity contribution in [1.29, 1.82) is 0 Å². The molecule has 1 nitrogen and oxygen atoms in total. The van der Waals surface area contributed by atoms with E-state index in [1.54, 1.807) is 12.1 Å². The van der Waals surface area contributed by atoms with Gasteiger partial charge in [-0.1, -0.05) is 55.1 Å². The Morgan fingerprint density at radius 1 is 1.22 bits per heavy atom. The Labute approximate surface area is 118 Å². The van der Waals surface area contributed by atoms with Crippen LogP contribution in [0.5, 0.6) is 0 Å². The van der Waals surface area contributed by atoms with Crippen molar-refractivity contribution in [3.05, 3.63) is 34.1 Å². The van der Waals surface area contributed by atoms with E-state index in [1.807, 2.05) is 6.07 Å². The van der Waals surface area contributed by atoms with Crippen LogP contribution >= 0.6 is 15.9 Å². The predicted octanol–water partition coefficient (Wildman–Crippen LogP) is 5.21. The van der Waals surface area contributed by atoms with Gasteiger partial charge in [0.1, 0.15) is 5.82 Å². The van der Waals surface area contributed by atoms with Gasteiger partial charge in [-0.3, -0.25) is 0 Å².